The molecule has 1 unspecified atom stereocenters. The smallest absolute Gasteiger partial charge is 0.313 e. The van der Waals surface area contributed by atoms with Crippen molar-refractivity contribution in [1.82, 2.24) is 9.55 Å². The van der Waals surface area contributed by atoms with E-state index in [-0.39, 0.29) is 11.8 Å². The molecule has 1 aliphatic heterocycles. The number of carbonyl (C=O) groups excluding carboxylic acids is 1. The average molecular weight is 406 g/mol. The van der Waals surface area contributed by atoms with E-state index >= 15 is 0 Å². The van der Waals surface area contributed by atoms with E-state index in [0.29, 0.717) is 11.3 Å². The maximum absolute atomic E-state index is 12.7. The molecule has 1 amide bonds. The maximum atomic E-state index is 12.7. The number of amides is 1. The zero-order valence-electron chi connectivity index (χ0n) is 14.1. The van der Waals surface area contributed by atoms with E-state index in [9.17, 15) is 14.7 Å². The molecule has 0 saturated heterocycles. The largest absolute Gasteiger partial charge is 0.481 e. The molecule has 1 atom stereocenters. The van der Waals surface area contributed by atoms with Gasteiger partial charge in [0.15, 0.2) is 0 Å². The Hall–Kier alpha value is -2.15. The van der Waals surface area contributed by atoms with Crippen molar-refractivity contribution < 1.29 is 14.7 Å². The van der Waals surface area contributed by atoms with Crippen LogP contribution in [0.15, 0.2) is 35.1 Å². The molecule has 2 aromatic rings. The van der Waals surface area contributed by atoms with Gasteiger partial charge in [0.1, 0.15) is 10.4 Å². The number of aliphatic carboxylic acids is 1. The van der Waals surface area contributed by atoms with Crippen LogP contribution in [0.25, 0.3) is 0 Å². The number of nitrogens with one attached hydrogen (secondary N) is 1. The molecule has 0 spiro atoms. The number of nitrogens with zero attached hydrogens (tertiary/aromatic N) is 2. The molecule has 1 aromatic carbocycles. The first-order valence-electron chi connectivity index (χ1n) is 8.16. The fraction of sp³-hybridized carbons (Fsp3) is 0.389. The van der Waals surface area contributed by atoms with Gasteiger partial charge in [-0.2, -0.15) is 0 Å². The summed E-state index contributed by atoms with van der Waals surface area (Å²) in [5.74, 6) is -0.484. The highest BCUT2D eigenvalue weighted by Crippen LogP contribution is 2.31. The van der Waals surface area contributed by atoms with Gasteiger partial charge in [0, 0.05) is 12.2 Å². The van der Waals surface area contributed by atoms with Gasteiger partial charge < -0.3 is 15.0 Å². The van der Waals surface area contributed by atoms with Gasteiger partial charge in [-0.05, 0) is 60.3 Å². The van der Waals surface area contributed by atoms with Crippen LogP contribution in [0.1, 0.15) is 44.0 Å². The predicted octanol–water partition coefficient (Wildman–Crippen LogP) is 3.52. The van der Waals surface area contributed by atoms with E-state index in [0.717, 1.165) is 29.8 Å². The molecule has 2 N–H and O–H groups in total. The Morgan fingerprint density at radius 3 is 2.64 bits per heavy atom. The molecule has 6 nitrogen and oxygen atoms in total. The van der Waals surface area contributed by atoms with Crippen molar-refractivity contribution in [2.24, 2.45) is 0 Å². The minimum absolute atomic E-state index is 0.0932. The number of aromatic nitrogens is 2. The summed E-state index contributed by atoms with van der Waals surface area (Å²) in [6.45, 7) is 4.17. The molecule has 2 heterocycles. The van der Waals surface area contributed by atoms with Crippen LogP contribution >= 0.6 is 15.9 Å². The van der Waals surface area contributed by atoms with Gasteiger partial charge in [0.2, 0.25) is 5.91 Å². The summed E-state index contributed by atoms with van der Waals surface area (Å²) in [6.07, 6.45) is 3.41. The van der Waals surface area contributed by atoms with Crippen molar-refractivity contribution in [2.75, 3.05) is 5.32 Å². The fourth-order valence-corrected chi connectivity index (χ4v) is 3.48. The Balaban J connectivity index is 1.75. The summed E-state index contributed by atoms with van der Waals surface area (Å²) in [5.41, 5.74) is 0.371. The molecule has 25 heavy (non-hydrogen) atoms. The fourth-order valence-electron chi connectivity index (χ4n) is 3.02. The molecule has 132 valence electrons. The Morgan fingerprint density at radius 1 is 1.32 bits per heavy atom. The second-order valence-corrected chi connectivity index (χ2v) is 7.59. The summed E-state index contributed by atoms with van der Waals surface area (Å²) >= 11 is 3.45. The summed E-state index contributed by atoms with van der Waals surface area (Å²) in [4.78, 5) is 28.3. The number of imidazole rings is 1. The highest BCUT2D eigenvalue weighted by atomic mass is 79.9. The molecule has 0 bridgehead atoms. The Labute approximate surface area is 154 Å². The number of rotatable bonds is 4. The maximum Gasteiger partial charge on any atom is 0.313 e. The molecular formula is C18H20BrN3O3. The van der Waals surface area contributed by atoms with Gasteiger partial charge in [-0.1, -0.05) is 12.1 Å². The normalized spacial score (nSPS) is 17.0. The van der Waals surface area contributed by atoms with Gasteiger partial charge >= 0.3 is 5.97 Å². The topological polar surface area (TPSA) is 84.2 Å². The monoisotopic (exact) mass is 405 g/mol. The van der Waals surface area contributed by atoms with Crippen LogP contribution in [0.2, 0.25) is 0 Å². The van der Waals surface area contributed by atoms with Crippen molar-refractivity contribution in [3.63, 3.8) is 0 Å². The van der Waals surface area contributed by atoms with Crippen molar-refractivity contribution in [1.29, 1.82) is 0 Å². The molecule has 0 saturated carbocycles. The zero-order valence-corrected chi connectivity index (χ0v) is 15.7. The average Bonchev–Trinajstić information content (AvgIpc) is 2.96. The third-order valence-corrected chi connectivity index (χ3v) is 5.38. The second-order valence-electron chi connectivity index (χ2n) is 6.78. The summed E-state index contributed by atoms with van der Waals surface area (Å²) in [6, 6.07) is 6.95. The van der Waals surface area contributed by atoms with Crippen molar-refractivity contribution >= 4 is 33.5 Å². The summed E-state index contributed by atoms with van der Waals surface area (Å²) in [5, 5.41) is 12.2. The highest BCUT2D eigenvalue weighted by molar-refractivity contribution is 9.10. The lowest BCUT2D eigenvalue weighted by Gasteiger charge is -2.23. The molecule has 3 rings (SSSR count). The number of fused-ring (bicyclic) bond motifs is 1. The minimum atomic E-state index is -0.969. The van der Waals surface area contributed by atoms with E-state index in [1.807, 2.05) is 4.57 Å². The van der Waals surface area contributed by atoms with Crippen LogP contribution in [0.3, 0.4) is 0 Å². The van der Waals surface area contributed by atoms with E-state index in [4.69, 9.17) is 0 Å². The van der Waals surface area contributed by atoms with Crippen LogP contribution in [0, 0.1) is 0 Å². The van der Waals surface area contributed by atoms with Crippen LogP contribution in [-0.4, -0.2) is 26.5 Å². The zero-order chi connectivity index (χ0) is 18.2. The lowest BCUT2D eigenvalue weighted by atomic mass is 9.85. The SMILES string of the molecule is CC(C)(C(=O)O)c1ccc(NC(=O)C2CCCn3c(Br)cnc32)cc1. The van der Waals surface area contributed by atoms with Crippen LogP contribution in [0.5, 0.6) is 0 Å². The van der Waals surface area contributed by atoms with Gasteiger partial charge in [-0.15, -0.1) is 0 Å². The van der Waals surface area contributed by atoms with Crippen LogP contribution < -0.4 is 5.32 Å². The number of benzene rings is 1. The lowest BCUT2D eigenvalue weighted by Crippen LogP contribution is -2.29. The predicted molar refractivity (Wildman–Crippen MR) is 97.6 cm³/mol. The van der Waals surface area contributed by atoms with E-state index in [1.54, 1.807) is 44.3 Å². The summed E-state index contributed by atoms with van der Waals surface area (Å²) < 4.78 is 2.91. The molecular weight excluding hydrogens is 386 g/mol. The third kappa shape index (κ3) is 3.33. The molecule has 0 fully saturated rings. The number of carboxylic acid groups (broad SMARTS) is 1. The first kappa shape index (κ1) is 17.7. The number of halogens is 1. The van der Waals surface area contributed by atoms with Crippen molar-refractivity contribution in [2.45, 2.75) is 44.6 Å². The molecule has 1 aliphatic rings. The second kappa shape index (κ2) is 6.63. The molecule has 7 heteroatoms. The Kier molecular flexibility index (Phi) is 4.69. The van der Waals surface area contributed by atoms with Gasteiger partial charge in [-0.3, -0.25) is 9.59 Å². The van der Waals surface area contributed by atoms with Gasteiger partial charge in [0.05, 0.1) is 17.5 Å². The molecule has 0 radical (unpaired) electrons. The van der Waals surface area contributed by atoms with E-state index in [2.05, 4.69) is 26.2 Å². The number of carboxylic acids is 1. The number of anilines is 1. The lowest BCUT2D eigenvalue weighted by molar-refractivity contribution is -0.142. The van der Waals surface area contributed by atoms with E-state index < -0.39 is 11.4 Å². The third-order valence-electron chi connectivity index (χ3n) is 4.75. The number of hydrogen-bond acceptors (Lipinski definition) is 3. The van der Waals surface area contributed by atoms with Gasteiger partial charge in [-0.25, -0.2) is 4.98 Å². The molecule has 1 aromatic heterocycles. The van der Waals surface area contributed by atoms with Crippen LogP contribution in [-0.2, 0) is 21.5 Å². The first-order valence-corrected chi connectivity index (χ1v) is 8.95. The van der Waals surface area contributed by atoms with Gasteiger partial charge in [0.25, 0.3) is 0 Å². The van der Waals surface area contributed by atoms with E-state index in [1.165, 1.54) is 0 Å². The first-order chi connectivity index (χ1) is 11.8. The quantitative estimate of drug-likeness (QED) is 0.814. The Morgan fingerprint density at radius 2 is 2.00 bits per heavy atom. The summed E-state index contributed by atoms with van der Waals surface area (Å²) in [7, 11) is 0. The standard InChI is InChI=1S/C18H20BrN3O3/c1-18(2,17(24)25)11-5-7-12(8-6-11)21-16(23)13-4-3-9-22-14(19)10-20-15(13)22/h5-8,10,13H,3-4,9H2,1-2H3,(H,21,23)(H,24,25). The van der Waals surface area contributed by atoms with Crippen molar-refractivity contribution in [3.8, 4) is 0 Å². The molecule has 0 aliphatic carbocycles. The number of carbonyl (C=O) groups is 2. The van der Waals surface area contributed by atoms with Crippen molar-refractivity contribution in [3.05, 3.63) is 46.5 Å². The minimum Gasteiger partial charge on any atom is -0.481 e. The highest BCUT2D eigenvalue weighted by Gasteiger charge is 2.31. The number of hydrogen-bond donors (Lipinski definition) is 2. The van der Waals surface area contributed by atoms with Crippen LogP contribution in [0.4, 0.5) is 5.69 Å². The Bertz CT molecular complexity index is 811.